The summed E-state index contributed by atoms with van der Waals surface area (Å²) in [5, 5.41) is 0.383. The summed E-state index contributed by atoms with van der Waals surface area (Å²) in [4.78, 5) is 22.5. The van der Waals surface area contributed by atoms with Crippen LogP contribution < -0.4 is 5.56 Å². The van der Waals surface area contributed by atoms with Gasteiger partial charge in [-0.05, 0) is 6.92 Å². The van der Waals surface area contributed by atoms with Crippen LogP contribution in [0.4, 0.5) is 0 Å². The van der Waals surface area contributed by atoms with Gasteiger partial charge >= 0.3 is 0 Å². The number of imidazole rings is 1. The minimum Gasteiger partial charge on any atom is -0.318 e. The van der Waals surface area contributed by atoms with E-state index in [1.807, 2.05) is 6.92 Å². The largest absolute Gasteiger partial charge is 0.318 e. The lowest BCUT2D eigenvalue weighted by Gasteiger charge is -2.03. The Labute approximate surface area is 94.7 Å². The Morgan fingerprint density at radius 3 is 2.94 bits per heavy atom. The van der Waals surface area contributed by atoms with E-state index in [0.29, 0.717) is 16.2 Å². The quantitative estimate of drug-likeness (QED) is 0.600. The molecule has 0 radical (unpaired) electrons. The van der Waals surface area contributed by atoms with Gasteiger partial charge in [-0.15, -0.1) is 0 Å². The van der Waals surface area contributed by atoms with Gasteiger partial charge in [0.2, 0.25) is 0 Å². The standard InChI is InChI=1S/C10H7ClN4O/c1-5-12-4-8-10(16)14-6-3-13-9(11)2-7(6)15(5)8/h2-4H,1H3,(H,14,16). The fourth-order valence-electron chi connectivity index (χ4n) is 1.80. The molecule has 0 aliphatic heterocycles. The number of nitrogens with zero attached hydrogens (tertiary/aromatic N) is 3. The minimum absolute atomic E-state index is 0.183. The molecule has 0 amide bonds. The molecule has 0 aliphatic carbocycles. The van der Waals surface area contributed by atoms with Crippen molar-refractivity contribution in [1.82, 2.24) is 19.4 Å². The van der Waals surface area contributed by atoms with Crippen molar-refractivity contribution in [3.8, 4) is 0 Å². The number of nitrogens with one attached hydrogen (secondary N) is 1. The second-order valence-corrected chi connectivity index (χ2v) is 3.89. The number of pyridine rings is 1. The van der Waals surface area contributed by atoms with E-state index in [4.69, 9.17) is 11.6 Å². The van der Waals surface area contributed by atoms with Gasteiger partial charge in [0.15, 0.2) is 0 Å². The highest BCUT2D eigenvalue weighted by Gasteiger charge is 2.08. The molecule has 3 rings (SSSR count). The third-order valence-electron chi connectivity index (χ3n) is 2.51. The van der Waals surface area contributed by atoms with E-state index in [9.17, 15) is 4.79 Å². The Morgan fingerprint density at radius 2 is 2.12 bits per heavy atom. The molecule has 6 heteroatoms. The fourth-order valence-corrected chi connectivity index (χ4v) is 1.95. The molecule has 3 heterocycles. The molecular weight excluding hydrogens is 228 g/mol. The predicted octanol–water partition coefficient (Wildman–Crippen LogP) is 1.53. The number of hydrogen-bond acceptors (Lipinski definition) is 3. The highest BCUT2D eigenvalue weighted by Crippen LogP contribution is 2.16. The van der Waals surface area contributed by atoms with Crippen LogP contribution in [0.1, 0.15) is 5.82 Å². The van der Waals surface area contributed by atoms with E-state index in [1.54, 1.807) is 16.7 Å². The molecule has 1 N–H and O–H groups in total. The van der Waals surface area contributed by atoms with Gasteiger partial charge in [-0.2, -0.15) is 0 Å². The molecule has 0 saturated heterocycles. The van der Waals surface area contributed by atoms with Gasteiger partial charge in [0.1, 0.15) is 16.5 Å². The molecule has 0 atom stereocenters. The maximum atomic E-state index is 11.7. The fraction of sp³-hybridized carbons (Fsp3) is 0.100. The highest BCUT2D eigenvalue weighted by atomic mass is 35.5. The number of fused-ring (bicyclic) bond motifs is 3. The van der Waals surface area contributed by atoms with Crippen molar-refractivity contribution in [3.05, 3.63) is 39.8 Å². The molecular formula is C10H7ClN4O. The Morgan fingerprint density at radius 1 is 1.31 bits per heavy atom. The van der Waals surface area contributed by atoms with Crippen molar-refractivity contribution in [2.24, 2.45) is 0 Å². The summed E-state index contributed by atoms with van der Waals surface area (Å²) in [5.41, 5.74) is 1.76. The molecule has 3 aromatic heterocycles. The topological polar surface area (TPSA) is 63.0 Å². The van der Waals surface area contributed by atoms with E-state index < -0.39 is 0 Å². The van der Waals surface area contributed by atoms with Gasteiger partial charge < -0.3 is 4.98 Å². The first-order valence-electron chi connectivity index (χ1n) is 4.68. The van der Waals surface area contributed by atoms with E-state index in [1.165, 1.54) is 6.20 Å². The number of aryl methyl sites for hydroxylation is 1. The summed E-state index contributed by atoms with van der Waals surface area (Å²) in [7, 11) is 0. The SMILES string of the molecule is Cc1ncc2c(=O)[nH]c3cnc(Cl)cc3n12. The third kappa shape index (κ3) is 1.15. The molecule has 5 nitrogen and oxygen atoms in total. The molecule has 80 valence electrons. The van der Waals surface area contributed by atoms with Crippen LogP contribution in [0.5, 0.6) is 0 Å². The maximum Gasteiger partial charge on any atom is 0.274 e. The van der Waals surface area contributed by atoms with Crippen LogP contribution in [0.3, 0.4) is 0 Å². The van der Waals surface area contributed by atoms with Crippen molar-refractivity contribution < 1.29 is 0 Å². The molecule has 0 aromatic carbocycles. The first-order chi connectivity index (χ1) is 7.66. The summed E-state index contributed by atoms with van der Waals surface area (Å²) in [6.07, 6.45) is 3.08. The zero-order chi connectivity index (χ0) is 11.3. The molecule has 3 aromatic rings. The van der Waals surface area contributed by atoms with Crippen LogP contribution >= 0.6 is 11.6 Å². The first-order valence-corrected chi connectivity index (χ1v) is 5.06. The van der Waals surface area contributed by atoms with Crippen LogP contribution in [-0.2, 0) is 0 Å². The lowest BCUT2D eigenvalue weighted by molar-refractivity contribution is 1.06. The second kappa shape index (κ2) is 3.05. The van der Waals surface area contributed by atoms with E-state index >= 15 is 0 Å². The van der Waals surface area contributed by atoms with E-state index in [2.05, 4.69) is 15.0 Å². The lowest BCUT2D eigenvalue weighted by atomic mass is 10.3. The predicted molar refractivity (Wildman–Crippen MR) is 60.9 cm³/mol. The average molecular weight is 235 g/mol. The molecule has 16 heavy (non-hydrogen) atoms. The maximum absolute atomic E-state index is 11.7. The van der Waals surface area contributed by atoms with Crippen molar-refractivity contribution in [2.75, 3.05) is 0 Å². The van der Waals surface area contributed by atoms with Crippen LogP contribution in [-0.4, -0.2) is 19.4 Å². The molecule has 0 saturated carbocycles. The Bertz CT molecular complexity index is 758. The Hall–Kier alpha value is -1.88. The zero-order valence-corrected chi connectivity index (χ0v) is 9.12. The summed E-state index contributed by atoms with van der Waals surface area (Å²) in [6.45, 7) is 1.83. The van der Waals surface area contributed by atoms with Gasteiger partial charge in [0.25, 0.3) is 5.56 Å². The van der Waals surface area contributed by atoms with Gasteiger partial charge in [0, 0.05) is 6.07 Å². The van der Waals surface area contributed by atoms with Crippen molar-refractivity contribution in [2.45, 2.75) is 6.92 Å². The number of aromatic amines is 1. The lowest BCUT2D eigenvalue weighted by Crippen LogP contribution is -2.10. The van der Waals surface area contributed by atoms with Crippen molar-refractivity contribution in [1.29, 1.82) is 0 Å². The molecule has 0 unspecified atom stereocenters. The number of H-pyrrole nitrogens is 1. The highest BCUT2D eigenvalue weighted by molar-refractivity contribution is 6.29. The van der Waals surface area contributed by atoms with Crippen LogP contribution in [0.15, 0.2) is 23.3 Å². The summed E-state index contributed by atoms with van der Waals surface area (Å²) in [5.74, 6) is 0.744. The summed E-state index contributed by atoms with van der Waals surface area (Å²) in [6, 6.07) is 1.70. The van der Waals surface area contributed by atoms with E-state index in [-0.39, 0.29) is 5.56 Å². The normalized spacial score (nSPS) is 11.4. The van der Waals surface area contributed by atoms with Crippen LogP contribution in [0.25, 0.3) is 16.6 Å². The van der Waals surface area contributed by atoms with Crippen molar-refractivity contribution >= 4 is 28.2 Å². The number of aromatic nitrogens is 4. The number of hydrogen-bond donors (Lipinski definition) is 1. The third-order valence-corrected chi connectivity index (χ3v) is 2.72. The molecule has 0 fully saturated rings. The summed E-state index contributed by atoms with van der Waals surface area (Å²) < 4.78 is 1.77. The van der Waals surface area contributed by atoms with Crippen LogP contribution in [0.2, 0.25) is 5.15 Å². The van der Waals surface area contributed by atoms with Gasteiger partial charge in [-0.25, -0.2) is 9.97 Å². The number of rotatable bonds is 0. The monoisotopic (exact) mass is 234 g/mol. The van der Waals surface area contributed by atoms with Gasteiger partial charge in [-0.1, -0.05) is 11.6 Å². The minimum atomic E-state index is -0.183. The van der Waals surface area contributed by atoms with E-state index in [0.717, 1.165) is 11.3 Å². The first kappa shape index (κ1) is 9.35. The smallest absolute Gasteiger partial charge is 0.274 e. The molecule has 0 aliphatic rings. The molecule has 0 bridgehead atoms. The Balaban J connectivity index is 2.69. The van der Waals surface area contributed by atoms with Gasteiger partial charge in [-0.3, -0.25) is 9.20 Å². The average Bonchev–Trinajstić information content (AvgIpc) is 2.63. The molecule has 0 spiro atoms. The number of halogens is 1. The summed E-state index contributed by atoms with van der Waals surface area (Å²) >= 11 is 5.84. The van der Waals surface area contributed by atoms with Gasteiger partial charge in [0.05, 0.1) is 23.4 Å². The van der Waals surface area contributed by atoms with Crippen molar-refractivity contribution in [3.63, 3.8) is 0 Å². The Kier molecular flexibility index (Phi) is 1.79. The zero-order valence-electron chi connectivity index (χ0n) is 8.36. The second-order valence-electron chi connectivity index (χ2n) is 3.50. The van der Waals surface area contributed by atoms with Crippen LogP contribution in [0, 0.1) is 6.92 Å².